The molecule has 0 saturated carbocycles. The van der Waals surface area contributed by atoms with Crippen molar-refractivity contribution >= 4 is 11.6 Å². The molecule has 1 unspecified atom stereocenters. The van der Waals surface area contributed by atoms with E-state index >= 15 is 0 Å². The van der Waals surface area contributed by atoms with Gasteiger partial charge in [0.2, 0.25) is 0 Å². The molecule has 1 amide bonds. The summed E-state index contributed by atoms with van der Waals surface area (Å²) < 4.78 is 5.37. The largest absolute Gasteiger partial charge is 0.379 e. The van der Waals surface area contributed by atoms with Gasteiger partial charge in [0.25, 0.3) is 5.91 Å². The van der Waals surface area contributed by atoms with Crippen molar-refractivity contribution < 1.29 is 9.53 Å². The van der Waals surface area contributed by atoms with Crippen molar-refractivity contribution in [1.29, 1.82) is 0 Å². The average Bonchev–Trinajstić information content (AvgIpc) is 2.75. The van der Waals surface area contributed by atoms with Crippen molar-refractivity contribution in [2.75, 3.05) is 25.6 Å². The monoisotopic (exact) mass is 235 g/mol. The molecule has 2 N–H and O–H groups in total. The Morgan fingerprint density at radius 1 is 1.59 bits per heavy atom. The van der Waals surface area contributed by atoms with Gasteiger partial charge in [-0.25, -0.2) is 0 Å². The molecule has 1 aliphatic heterocycles. The number of anilines is 1. The molecule has 0 spiro atoms. The van der Waals surface area contributed by atoms with E-state index in [4.69, 9.17) is 4.74 Å². The van der Waals surface area contributed by atoms with Gasteiger partial charge in [0.1, 0.15) is 5.69 Å². The summed E-state index contributed by atoms with van der Waals surface area (Å²) >= 11 is 0. The van der Waals surface area contributed by atoms with E-state index in [1.54, 1.807) is 19.3 Å². The fourth-order valence-corrected chi connectivity index (χ4v) is 1.87. The highest BCUT2D eigenvalue weighted by Gasteiger charge is 2.29. The molecule has 1 aliphatic rings. The highest BCUT2D eigenvalue weighted by molar-refractivity contribution is 5.92. The van der Waals surface area contributed by atoms with E-state index in [-0.39, 0.29) is 11.4 Å². The van der Waals surface area contributed by atoms with Gasteiger partial charge in [-0.1, -0.05) is 0 Å². The van der Waals surface area contributed by atoms with Gasteiger partial charge in [-0.05, 0) is 25.5 Å². The lowest BCUT2D eigenvalue weighted by molar-refractivity contribution is 0.0958. The van der Waals surface area contributed by atoms with Crippen LogP contribution in [0.5, 0.6) is 0 Å². The number of carbonyl (C=O) groups excluding carboxylic acids is 1. The summed E-state index contributed by atoms with van der Waals surface area (Å²) in [7, 11) is 1.59. The van der Waals surface area contributed by atoms with Crippen molar-refractivity contribution in [1.82, 2.24) is 10.3 Å². The summed E-state index contributed by atoms with van der Waals surface area (Å²) in [5.74, 6) is -0.179. The lowest BCUT2D eigenvalue weighted by Crippen LogP contribution is -2.35. The minimum Gasteiger partial charge on any atom is -0.379 e. The van der Waals surface area contributed by atoms with Crippen LogP contribution in [-0.2, 0) is 4.74 Å². The summed E-state index contributed by atoms with van der Waals surface area (Å²) in [4.78, 5) is 15.5. The first-order valence-corrected chi connectivity index (χ1v) is 5.67. The quantitative estimate of drug-likeness (QED) is 0.821. The number of nitrogens with zero attached hydrogens (tertiary/aromatic N) is 1. The molecule has 5 heteroatoms. The standard InChI is InChI=1S/C12H17N3O2/c1-12(4-6-17-8-12)15-9-3-5-14-10(7-9)11(16)13-2/h3,5,7H,4,6,8H2,1-2H3,(H,13,16)(H,14,15). The number of hydrogen-bond donors (Lipinski definition) is 2. The van der Waals surface area contributed by atoms with Gasteiger partial charge in [0, 0.05) is 25.5 Å². The minimum atomic E-state index is -0.179. The average molecular weight is 235 g/mol. The molecule has 92 valence electrons. The molecular weight excluding hydrogens is 218 g/mol. The molecule has 1 aromatic heterocycles. The fraction of sp³-hybridized carbons (Fsp3) is 0.500. The van der Waals surface area contributed by atoms with Crippen molar-refractivity contribution in [2.45, 2.75) is 18.9 Å². The smallest absolute Gasteiger partial charge is 0.269 e. The van der Waals surface area contributed by atoms with Gasteiger partial charge >= 0.3 is 0 Å². The molecule has 5 nitrogen and oxygen atoms in total. The van der Waals surface area contributed by atoms with E-state index in [0.717, 1.165) is 18.7 Å². The Morgan fingerprint density at radius 2 is 2.41 bits per heavy atom. The first-order valence-electron chi connectivity index (χ1n) is 5.67. The van der Waals surface area contributed by atoms with Crippen LogP contribution in [0.15, 0.2) is 18.3 Å². The van der Waals surface area contributed by atoms with E-state index in [1.165, 1.54) is 0 Å². The first-order chi connectivity index (χ1) is 8.13. The van der Waals surface area contributed by atoms with Gasteiger partial charge in [0.05, 0.1) is 12.1 Å². The normalized spacial score (nSPS) is 23.4. The maximum atomic E-state index is 11.5. The number of ether oxygens (including phenoxy) is 1. The van der Waals surface area contributed by atoms with Crippen LogP contribution < -0.4 is 10.6 Å². The predicted molar refractivity (Wildman–Crippen MR) is 65.1 cm³/mol. The van der Waals surface area contributed by atoms with Crippen molar-refractivity contribution in [3.05, 3.63) is 24.0 Å². The molecule has 1 saturated heterocycles. The second-order valence-electron chi connectivity index (χ2n) is 4.50. The maximum Gasteiger partial charge on any atom is 0.269 e. The summed E-state index contributed by atoms with van der Waals surface area (Å²) in [6.45, 7) is 3.57. The SMILES string of the molecule is CNC(=O)c1cc(NC2(C)CCOC2)ccn1. The number of amides is 1. The molecule has 0 radical (unpaired) electrons. The van der Waals surface area contributed by atoms with Crippen molar-refractivity contribution in [3.8, 4) is 0 Å². The number of pyridine rings is 1. The Morgan fingerprint density at radius 3 is 3.06 bits per heavy atom. The number of aromatic nitrogens is 1. The Hall–Kier alpha value is -1.62. The zero-order valence-corrected chi connectivity index (χ0v) is 10.1. The van der Waals surface area contributed by atoms with Crippen LogP contribution in [0.4, 0.5) is 5.69 Å². The number of carbonyl (C=O) groups is 1. The maximum absolute atomic E-state index is 11.5. The van der Waals surface area contributed by atoms with Crippen LogP contribution in [0.3, 0.4) is 0 Å². The van der Waals surface area contributed by atoms with E-state index in [9.17, 15) is 4.79 Å². The lowest BCUT2D eigenvalue weighted by atomic mass is 10.0. The van der Waals surface area contributed by atoms with Crippen LogP contribution in [0.1, 0.15) is 23.8 Å². The third-order valence-electron chi connectivity index (χ3n) is 2.88. The minimum absolute atomic E-state index is 0.0543. The van der Waals surface area contributed by atoms with Gasteiger partial charge in [-0.15, -0.1) is 0 Å². The Labute approximate surface area is 101 Å². The lowest BCUT2D eigenvalue weighted by Gasteiger charge is -2.25. The molecule has 1 aromatic rings. The molecular formula is C12H17N3O2. The number of nitrogens with one attached hydrogen (secondary N) is 2. The predicted octanol–water partition coefficient (Wildman–Crippen LogP) is 1.03. The van der Waals surface area contributed by atoms with Crippen molar-refractivity contribution in [3.63, 3.8) is 0 Å². The zero-order chi connectivity index (χ0) is 12.3. The second kappa shape index (κ2) is 4.71. The van der Waals surface area contributed by atoms with Gasteiger partial charge < -0.3 is 15.4 Å². The first kappa shape index (κ1) is 11.9. The van der Waals surface area contributed by atoms with E-state index in [1.807, 2.05) is 6.07 Å². The van der Waals surface area contributed by atoms with Crippen LogP contribution in [0.2, 0.25) is 0 Å². The summed E-state index contributed by atoms with van der Waals surface area (Å²) in [6.07, 6.45) is 2.59. The summed E-state index contributed by atoms with van der Waals surface area (Å²) in [5.41, 5.74) is 1.26. The second-order valence-corrected chi connectivity index (χ2v) is 4.50. The topological polar surface area (TPSA) is 63.2 Å². The fourth-order valence-electron chi connectivity index (χ4n) is 1.87. The molecule has 0 aromatic carbocycles. The Bertz CT molecular complexity index is 414. The highest BCUT2D eigenvalue weighted by atomic mass is 16.5. The molecule has 2 heterocycles. The van der Waals surface area contributed by atoms with Gasteiger partial charge in [-0.2, -0.15) is 0 Å². The summed E-state index contributed by atoms with van der Waals surface area (Å²) in [5, 5.41) is 5.95. The molecule has 2 rings (SSSR count). The van der Waals surface area contributed by atoms with Crippen LogP contribution in [0.25, 0.3) is 0 Å². The molecule has 0 aliphatic carbocycles. The molecule has 17 heavy (non-hydrogen) atoms. The van der Waals surface area contributed by atoms with E-state index in [2.05, 4.69) is 22.5 Å². The number of rotatable bonds is 3. The molecule has 1 atom stereocenters. The van der Waals surface area contributed by atoms with Crippen LogP contribution >= 0.6 is 0 Å². The third-order valence-corrected chi connectivity index (χ3v) is 2.88. The van der Waals surface area contributed by atoms with Gasteiger partial charge in [0.15, 0.2) is 0 Å². The van der Waals surface area contributed by atoms with Crippen molar-refractivity contribution in [2.24, 2.45) is 0 Å². The molecule has 0 bridgehead atoms. The highest BCUT2D eigenvalue weighted by Crippen LogP contribution is 2.23. The van der Waals surface area contributed by atoms with Crippen LogP contribution in [0, 0.1) is 0 Å². The number of hydrogen-bond acceptors (Lipinski definition) is 4. The Kier molecular flexibility index (Phi) is 3.28. The molecule has 1 fully saturated rings. The third kappa shape index (κ3) is 2.74. The van der Waals surface area contributed by atoms with E-state index < -0.39 is 0 Å². The zero-order valence-electron chi connectivity index (χ0n) is 10.1. The van der Waals surface area contributed by atoms with Crippen LogP contribution in [-0.4, -0.2) is 36.7 Å². The summed E-state index contributed by atoms with van der Waals surface area (Å²) in [6, 6.07) is 3.61. The Balaban J connectivity index is 2.13. The van der Waals surface area contributed by atoms with Gasteiger partial charge in [-0.3, -0.25) is 9.78 Å². The van der Waals surface area contributed by atoms with E-state index in [0.29, 0.717) is 12.3 Å².